The standard InChI is InChI=1S/C71H97N3O12S/c1-7-8-46-73-62-37-22-21-36-60(62)70(3,4)64(73)43-39-52-29-26-30-53(67(52)86-58-34-18-12-19-35-58)40-44-65-71(5,6)61-50-59(87(83,84)85)41-42-63(61)74(65)47-25-13-17-32-56(76)31-16-11-14-27-55(69(81)82)49-57(77)33-15-9-10-20-38-66(78)72-45-24-23-28-54(68(79)80)48-51(2)75/h12,18-19,21-22,34-37,39,41-43,50,54-55H,7-11,13-17,20,23-33,38,40,44-49H2,1-6H3,(H3-,72,78,79,80,81,82,83,84,85)/p+1/b52-39+,64-43+/t54-,55?/m1/s1. The fourth-order valence-electron chi connectivity index (χ4n) is 12.9. The van der Waals surface area contributed by atoms with Crippen molar-refractivity contribution in [1.29, 1.82) is 0 Å². The molecule has 0 spiro atoms. The van der Waals surface area contributed by atoms with Crippen molar-refractivity contribution < 1.29 is 61.3 Å². The Hall–Kier alpha value is -6.52. The second-order valence-electron chi connectivity index (χ2n) is 25.4. The fraction of sp³-hybridized carbons (Fsp3) is 0.563. The maximum Gasteiger partial charge on any atom is 0.306 e. The molecule has 474 valence electrons. The highest BCUT2D eigenvalue weighted by Crippen LogP contribution is 2.48. The number of benzene rings is 3. The quantitative estimate of drug-likeness (QED) is 0.0236. The molecule has 0 bridgehead atoms. The van der Waals surface area contributed by atoms with Crippen LogP contribution in [-0.4, -0.2) is 88.3 Å². The number of nitrogens with zero attached hydrogens (tertiary/aromatic N) is 2. The number of nitrogens with one attached hydrogen (secondary N) is 1. The number of carbonyl (C=O) groups is 6. The van der Waals surface area contributed by atoms with E-state index in [1.54, 1.807) is 6.07 Å². The first-order chi connectivity index (χ1) is 41.5. The van der Waals surface area contributed by atoms with Crippen molar-refractivity contribution in [1.82, 2.24) is 5.32 Å². The van der Waals surface area contributed by atoms with Gasteiger partial charge in [-0.3, -0.25) is 28.5 Å². The number of ketones is 3. The number of amides is 1. The summed E-state index contributed by atoms with van der Waals surface area (Å²) in [5, 5.41) is 22.0. The molecule has 1 amide bonds. The lowest BCUT2D eigenvalue weighted by Gasteiger charge is -2.28. The molecule has 2 atom stereocenters. The zero-order valence-electron chi connectivity index (χ0n) is 52.8. The van der Waals surface area contributed by atoms with Crippen LogP contribution in [0, 0.1) is 11.8 Å². The molecule has 0 radical (unpaired) electrons. The molecule has 6 rings (SSSR count). The van der Waals surface area contributed by atoms with Gasteiger partial charge in [-0.05, 0) is 157 Å². The Morgan fingerprint density at radius 1 is 0.678 bits per heavy atom. The minimum atomic E-state index is -4.45. The Labute approximate surface area is 518 Å². The molecular weight excluding hydrogens is 1120 g/mol. The van der Waals surface area contributed by atoms with E-state index in [0.717, 1.165) is 111 Å². The van der Waals surface area contributed by atoms with Crippen LogP contribution in [0.25, 0.3) is 0 Å². The Morgan fingerprint density at radius 2 is 1.30 bits per heavy atom. The van der Waals surface area contributed by atoms with Gasteiger partial charge in [-0.25, -0.2) is 0 Å². The van der Waals surface area contributed by atoms with Gasteiger partial charge >= 0.3 is 11.9 Å². The number of hydrogen-bond acceptors (Lipinski definition) is 10. The minimum Gasteiger partial charge on any atom is -0.481 e. The summed E-state index contributed by atoms with van der Waals surface area (Å²) in [6.07, 6.45) is 21.6. The minimum absolute atomic E-state index is 0.0162. The van der Waals surface area contributed by atoms with Gasteiger partial charge in [0.2, 0.25) is 11.6 Å². The third kappa shape index (κ3) is 20.5. The Balaban J connectivity index is 0.981. The van der Waals surface area contributed by atoms with E-state index >= 15 is 0 Å². The second-order valence-corrected chi connectivity index (χ2v) is 26.8. The second kappa shape index (κ2) is 33.7. The summed E-state index contributed by atoms with van der Waals surface area (Å²) in [5.41, 5.74) is 8.47. The number of fused-ring (bicyclic) bond motifs is 2. The van der Waals surface area contributed by atoms with Crippen molar-refractivity contribution in [3.05, 3.63) is 119 Å². The van der Waals surface area contributed by atoms with Crippen molar-refractivity contribution in [3.8, 4) is 5.75 Å². The van der Waals surface area contributed by atoms with Crippen molar-refractivity contribution in [3.63, 3.8) is 0 Å². The van der Waals surface area contributed by atoms with Crippen molar-refractivity contribution in [2.45, 2.75) is 231 Å². The molecule has 0 fully saturated rings. The molecule has 15 nitrogen and oxygen atoms in total. The zero-order valence-corrected chi connectivity index (χ0v) is 53.6. The molecule has 3 aliphatic rings. The molecule has 3 aromatic rings. The highest BCUT2D eigenvalue weighted by Gasteiger charge is 2.46. The summed E-state index contributed by atoms with van der Waals surface area (Å²) in [6, 6.07) is 23.6. The lowest BCUT2D eigenvalue weighted by atomic mass is 9.79. The first-order valence-corrected chi connectivity index (χ1v) is 33.7. The van der Waals surface area contributed by atoms with E-state index in [1.165, 1.54) is 35.5 Å². The van der Waals surface area contributed by atoms with Gasteiger partial charge in [0.25, 0.3) is 10.1 Å². The van der Waals surface area contributed by atoms with Crippen LogP contribution in [0.15, 0.2) is 112 Å². The number of rotatable bonds is 40. The van der Waals surface area contributed by atoms with Crippen LogP contribution in [0.4, 0.5) is 11.4 Å². The van der Waals surface area contributed by atoms with E-state index in [0.29, 0.717) is 103 Å². The monoisotopic (exact) mass is 1220 g/mol. The number of carboxylic acids is 2. The van der Waals surface area contributed by atoms with E-state index < -0.39 is 39.3 Å². The van der Waals surface area contributed by atoms with Crippen molar-refractivity contribution in [2.24, 2.45) is 11.8 Å². The number of aliphatic carboxylic acids is 2. The van der Waals surface area contributed by atoms with Crippen LogP contribution in [-0.2, 0) is 49.7 Å². The molecule has 16 heteroatoms. The van der Waals surface area contributed by atoms with Crippen LogP contribution in [0.2, 0.25) is 0 Å². The lowest BCUT2D eigenvalue weighted by Crippen LogP contribution is -2.30. The summed E-state index contributed by atoms with van der Waals surface area (Å²) < 4.78 is 44.3. The van der Waals surface area contributed by atoms with Gasteiger partial charge in [-0.1, -0.05) is 102 Å². The normalized spacial score (nSPS) is 16.9. The summed E-state index contributed by atoms with van der Waals surface area (Å²) in [7, 11) is -4.45. The number of anilines is 1. The Bertz CT molecular complexity index is 3120. The van der Waals surface area contributed by atoms with Crippen LogP contribution >= 0.6 is 0 Å². The molecule has 0 saturated carbocycles. The van der Waals surface area contributed by atoms with Gasteiger partial charge in [0.15, 0.2) is 5.71 Å². The third-order valence-electron chi connectivity index (χ3n) is 17.9. The number of carboxylic acid groups (broad SMARTS) is 2. The number of hydrogen-bond donors (Lipinski definition) is 4. The van der Waals surface area contributed by atoms with Gasteiger partial charge in [-0.15, -0.1) is 0 Å². The van der Waals surface area contributed by atoms with Crippen molar-refractivity contribution in [2.75, 3.05) is 24.5 Å². The number of Topliss-reactive ketones (excluding diaryl/α,β-unsaturated/α-hetero) is 3. The van der Waals surface area contributed by atoms with Gasteiger partial charge in [0.05, 0.1) is 22.1 Å². The van der Waals surface area contributed by atoms with Crippen molar-refractivity contribution >= 4 is 62.4 Å². The van der Waals surface area contributed by atoms with Crippen LogP contribution < -0.4 is 15.0 Å². The lowest BCUT2D eigenvalue weighted by molar-refractivity contribution is -0.440. The molecule has 1 unspecified atom stereocenters. The maximum atomic E-state index is 13.1. The largest absolute Gasteiger partial charge is 0.481 e. The summed E-state index contributed by atoms with van der Waals surface area (Å²) in [5.74, 6) is -1.87. The SMILES string of the molecule is CCCCN1/C(=C/C=C2\CCCC(CCC3=[N+](CCCCCC(=O)CCCCCC(CC(=O)CCCCCCC(=O)NCCCC[C@H](CC(C)=O)C(=O)O)C(=O)O)c4ccc(S(=O)(=O)O)cc4C3(C)C)=C2Oc2ccccc2)C(C)(C)c2ccccc21. The molecule has 0 saturated heterocycles. The van der Waals surface area contributed by atoms with Gasteiger partial charge in [-0.2, -0.15) is 13.0 Å². The molecule has 87 heavy (non-hydrogen) atoms. The van der Waals surface area contributed by atoms with Crippen LogP contribution in [0.1, 0.15) is 226 Å². The molecule has 2 heterocycles. The molecular formula is C71H98N3O12S+. The van der Waals surface area contributed by atoms with Crippen LogP contribution in [0.3, 0.4) is 0 Å². The molecule has 2 aliphatic heterocycles. The average Bonchev–Trinajstić information content (AvgIpc) is 1.66. The van der Waals surface area contributed by atoms with E-state index in [9.17, 15) is 52.0 Å². The summed E-state index contributed by atoms with van der Waals surface area (Å²) >= 11 is 0. The highest BCUT2D eigenvalue weighted by atomic mass is 32.2. The Morgan fingerprint density at radius 3 is 1.97 bits per heavy atom. The topological polar surface area (TPSA) is 225 Å². The van der Waals surface area contributed by atoms with Gasteiger partial charge in [0.1, 0.15) is 35.4 Å². The summed E-state index contributed by atoms with van der Waals surface area (Å²) in [6.45, 7) is 14.6. The number of allylic oxidation sites excluding steroid dienone is 5. The number of ether oxygens (including phenoxy) is 1. The average molecular weight is 1220 g/mol. The van der Waals surface area contributed by atoms with E-state index in [-0.39, 0.29) is 46.4 Å². The maximum absolute atomic E-state index is 13.1. The predicted molar refractivity (Wildman–Crippen MR) is 342 cm³/mol. The molecule has 3 aromatic carbocycles. The zero-order chi connectivity index (χ0) is 63.2. The smallest absolute Gasteiger partial charge is 0.306 e. The third-order valence-corrected chi connectivity index (χ3v) is 18.7. The van der Waals surface area contributed by atoms with E-state index in [2.05, 4.69) is 85.8 Å². The molecule has 0 aromatic heterocycles. The first-order valence-electron chi connectivity index (χ1n) is 32.3. The predicted octanol–water partition coefficient (Wildman–Crippen LogP) is 15.1. The molecule has 1 aliphatic carbocycles. The Kier molecular flexibility index (Phi) is 27.0. The van der Waals surface area contributed by atoms with Crippen LogP contribution in [0.5, 0.6) is 5.75 Å². The first kappa shape index (κ1) is 69.6. The number of para-hydroxylation sites is 2. The van der Waals surface area contributed by atoms with E-state index in [4.69, 9.17) is 4.74 Å². The molecule has 4 N–H and O–H groups in total. The summed E-state index contributed by atoms with van der Waals surface area (Å²) in [4.78, 5) is 75.1. The highest BCUT2D eigenvalue weighted by molar-refractivity contribution is 7.85. The number of unbranched alkanes of at least 4 members (excludes halogenated alkanes) is 9. The van der Waals surface area contributed by atoms with Gasteiger partial charge in [0, 0.05) is 92.9 Å². The fourth-order valence-corrected chi connectivity index (χ4v) is 13.4. The number of carbonyl (C=O) groups excluding carboxylic acids is 4. The van der Waals surface area contributed by atoms with E-state index in [1.807, 2.05) is 36.4 Å². The van der Waals surface area contributed by atoms with Gasteiger partial charge < -0.3 is 30.0 Å².